The summed E-state index contributed by atoms with van der Waals surface area (Å²) in [7, 11) is 2.70. The summed E-state index contributed by atoms with van der Waals surface area (Å²) in [5, 5.41) is -0.479. The molecule has 166 valence electrons. The van der Waals surface area contributed by atoms with Gasteiger partial charge in [-0.2, -0.15) is 0 Å². The van der Waals surface area contributed by atoms with Gasteiger partial charge in [0.15, 0.2) is 18.1 Å². The van der Waals surface area contributed by atoms with Gasteiger partial charge in [0.25, 0.3) is 11.1 Å². The molecule has 0 spiro atoms. The van der Waals surface area contributed by atoms with E-state index in [1.165, 1.54) is 14.2 Å². The Kier molecular flexibility index (Phi) is 7.60. The summed E-state index contributed by atoms with van der Waals surface area (Å²) in [6, 6.07) is 3.28. The number of carbonyl (C=O) groups excluding carboxylic acids is 4. The molecule has 0 aromatic heterocycles. The Morgan fingerprint density at radius 1 is 1.19 bits per heavy atom. The number of methoxy groups -OCH3 is 2. The maximum absolute atomic E-state index is 12.7. The van der Waals surface area contributed by atoms with Crippen molar-refractivity contribution in [2.24, 2.45) is 0 Å². The Labute approximate surface area is 191 Å². The number of amides is 3. The van der Waals surface area contributed by atoms with Crippen LogP contribution in [0, 0.1) is 0 Å². The summed E-state index contributed by atoms with van der Waals surface area (Å²) in [5.74, 6) is -0.654. The fourth-order valence-electron chi connectivity index (χ4n) is 3.14. The number of benzene rings is 1. The van der Waals surface area contributed by atoms with E-state index in [4.69, 9.17) is 9.47 Å². The van der Waals surface area contributed by atoms with Crippen LogP contribution >= 0.6 is 27.7 Å². The summed E-state index contributed by atoms with van der Waals surface area (Å²) in [6.45, 7) is 0.760. The molecule has 3 amide bonds. The summed E-state index contributed by atoms with van der Waals surface area (Å²) in [5.41, 5.74) is 0.575. The monoisotopic (exact) mass is 512 g/mol. The van der Waals surface area contributed by atoms with Crippen molar-refractivity contribution >= 4 is 56.8 Å². The number of carbonyl (C=O) groups is 4. The van der Waals surface area contributed by atoms with E-state index in [-0.39, 0.29) is 24.0 Å². The van der Waals surface area contributed by atoms with Crippen molar-refractivity contribution in [3.05, 3.63) is 27.1 Å². The molecule has 2 fully saturated rings. The topological polar surface area (TPSA) is 102 Å². The number of rotatable bonds is 7. The minimum absolute atomic E-state index is 0.205. The number of hydrogen-bond acceptors (Lipinski definition) is 8. The van der Waals surface area contributed by atoms with Crippen LogP contribution in [-0.4, -0.2) is 73.3 Å². The molecule has 0 atom stereocenters. The Bertz CT molecular complexity index is 944. The first-order valence-electron chi connectivity index (χ1n) is 9.44. The lowest BCUT2D eigenvalue weighted by Gasteiger charge is -2.18. The van der Waals surface area contributed by atoms with E-state index in [0.29, 0.717) is 34.6 Å². The highest BCUT2D eigenvalue weighted by Gasteiger charge is 2.37. The lowest BCUT2D eigenvalue weighted by molar-refractivity contribution is -0.143. The summed E-state index contributed by atoms with van der Waals surface area (Å²) in [6.07, 6.45) is 3.41. The number of thioether (sulfide) groups is 1. The lowest BCUT2D eigenvalue weighted by Crippen LogP contribution is -2.40. The molecule has 2 heterocycles. The molecule has 2 saturated heterocycles. The van der Waals surface area contributed by atoms with Gasteiger partial charge in [0, 0.05) is 13.1 Å². The molecule has 3 rings (SSSR count). The number of imide groups is 1. The number of nitrogens with zero attached hydrogens (tertiary/aromatic N) is 2. The van der Waals surface area contributed by atoms with Crippen molar-refractivity contribution in [1.82, 2.24) is 9.80 Å². The molecule has 2 aliphatic rings. The van der Waals surface area contributed by atoms with E-state index < -0.39 is 17.1 Å². The molecule has 0 bridgehead atoms. The van der Waals surface area contributed by atoms with Gasteiger partial charge >= 0.3 is 5.97 Å². The predicted octanol–water partition coefficient (Wildman–Crippen LogP) is 2.67. The van der Waals surface area contributed by atoms with Crippen molar-refractivity contribution in [2.45, 2.75) is 12.8 Å². The minimum Gasteiger partial charge on any atom is -0.493 e. The maximum atomic E-state index is 12.7. The van der Waals surface area contributed by atoms with Crippen molar-refractivity contribution in [2.75, 3.05) is 40.5 Å². The molecule has 0 N–H and O–H groups in total. The third-order valence-electron chi connectivity index (χ3n) is 4.74. The standard InChI is InChI=1S/C20H21BrN2O7S/c1-28-14-8-12(7-13(21)18(14)30-11-17(25)29-2)9-15-19(26)23(20(27)31-15)10-16(24)22-5-3-4-6-22/h7-9H,3-6,10-11H2,1-2H3/b15-9-. The average Bonchev–Trinajstić information content (AvgIpc) is 3.37. The number of esters is 1. The van der Waals surface area contributed by atoms with Gasteiger partial charge in [-0.3, -0.25) is 19.3 Å². The summed E-state index contributed by atoms with van der Waals surface area (Å²) in [4.78, 5) is 51.5. The second-order valence-electron chi connectivity index (χ2n) is 6.75. The lowest BCUT2D eigenvalue weighted by atomic mass is 10.2. The second-order valence-corrected chi connectivity index (χ2v) is 8.60. The zero-order valence-corrected chi connectivity index (χ0v) is 19.4. The molecule has 0 saturated carbocycles. The highest BCUT2D eigenvalue weighted by atomic mass is 79.9. The van der Waals surface area contributed by atoms with E-state index in [0.717, 1.165) is 29.5 Å². The number of ether oxygens (including phenoxy) is 3. The van der Waals surface area contributed by atoms with Crippen LogP contribution in [-0.2, 0) is 19.1 Å². The second kappa shape index (κ2) is 10.2. The highest BCUT2D eigenvalue weighted by Crippen LogP contribution is 2.39. The van der Waals surface area contributed by atoms with Gasteiger partial charge in [-0.15, -0.1) is 0 Å². The molecule has 0 radical (unpaired) electrons. The van der Waals surface area contributed by atoms with Gasteiger partial charge in [-0.05, 0) is 64.3 Å². The van der Waals surface area contributed by atoms with Gasteiger partial charge in [0.05, 0.1) is 23.6 Å². The third kappa shape index (κ3) is 5.40. The van der Waals surface area contributed by atoms with Crippen molar-refractivity contribution < 1.29 is 33.4 Å². The molecule has 11 heteroatoms. The van der Waals surface area contributed by atoms with Crippen LogP contribution in [0.5, 0.6) is 11.5 Å². The average molecular weight is 513 g/mol. The van der Waals surface area contributed by atoms with Crippen LogP contribution in [0.25, 0.3) is 6.08 Å². The quantitative estimate of drug-likeness (QED) is 0.405. The van der Waals surface area contributed by atoms with Crippen LogP contribution in [0.3, 0.4) is 0 Å². The van der Waals surface area contributed by atoms with Gasteiger partial charge in [-0.25, -0.2) is 4.79 Å². The molecule has 1 aromatic rings. The van der Waals surface area contributed by atoms with E-state index in [2.05, 4.69) is 20.7 Å². The molecule has 0 unspecified atom stereocenters. The van der Waals surface area contributed by atoms with Crippen LogP contribution in [0.15, 0.2) is 21.5 Å². The number of hydrogen-bond donors (Lipinski definition) is 0. The van der Waals surface area contributed by atoms with E-state index in [1.807, 2.05) is 0 Å². The molecule has 9 nitrogen and oxygen atoms in total. The molecule has 31 heavy (non-hydrogen) atoms. The number of halogens is 1. The van der Waals surface area contributed by atoms with Crippen molar-refractivity contribution in [3.63, 3.8) is 0 Å². The molecular formula is C20H21BrN2O7S. The fourth-order valence-corrected chi connectivity index (χ4v) is 4.56. The van der Waals surface area contributed by atoms with Crippen LogP contribution in [0.4, 0.5) is 4.79 Å². The normalized spacial score (nSPS) is 17.5. The zero-order valence-electron chi connectivity index (χ0n) is 17.0. The molecule has 0 aliphatic carbocycles. The Hall–Kier alpha value is -2.53. The largest absolute Gasteiger partial charge is 0.493 e. The summed E-state index contributed by atoms with van der Waals surface area (Å²) < 4.78 is 15.8. The SMILES string of the molecule is COC(=O)COc1c(Br)cc(/C=C2\SC(=O)N(CC(=O)N3CCCC3)C2=O)cc1OC. The van der Waals surface area contributed by atoms with Gasteiger partial charge < -0.3 is 19.1 Å². The Balaban J connectivity index is 1.77. The van der Waals surface area contributed by atoms with E-state index in [9.17, 15) is 19.2 Å². The smallest absolute Gasteiger partial charge is 0.343 e. The molecular weight excluding hydrogens is 492 g/mol. The van der Waals surface area contributed by atoms with Crippen molar-refractivity contribution in [1.29, 1.82) is 0 Å². The Morgan fingerprint density at radius 2 is 1.90 bits per heavy atom. The molecule has 2 aliphatic heterocycles. The minimum atomic E-state index is -0.546. The van der Waals surface area contributed by atoms with Gasteiger partial charge in [0.2, 0.25) is 5.91 Å². The van der Waals surface area contributed by atoms with Gasteiger partial charge in [0.1, 0.15) is 6.54 Å². The van der Waals surface area contributed by atoms with Crippen LogP contribution < -0.4 is 9.47 Å². The van der Waals surface area contributed by atoms with Crippen molar-refractivity contribution in [3.8, 4) is 11.5 Å². The number of likely N-dealkylation sites (tertiary alicyclic amines) is 1. The fraction of sp³-hybridized carbons (Fsp3) is 0.400. The zero-order chi connectivity index (χ0) is 22.5. The summed E-state index contributed by atoms with van der Waals surface area (Å²) >= 11 is 4.14. The van der Waals surface area contributed by atoms with Crippen LogP contribution in [0.2, 0.25) is 0 Å². The highest BCUT2D eigenvalue weighted by molar-refractivity contribution is 9.10. The Morgan fingerprint density at radius 3 is 2.55 bits per heavy atom. The predicted molar refractivity (Wildman–Crippen MR) is 117 cm³/mol. The molecule has 1 aromatic carbocycles. The van der Waals surface area contributed by atoms with Gasteiger partial charge in [-0.1, -0.05) is 0 Å². The first kappa shape index (κ1) is 23.1. The first-order valence-corrected chi connectivity index (χ1v) is 11.0. The van der Waals surface area contributed by atoms with Crippen LogP contribution in [0.1, 0.15) is 18.4 Å². The third-order valence-corrected chi connectivity index (χ3v) is 6.23. The first-order chi connectivity index (χ1) is 14.8. The van der Waals surface area contributed by atoms with E-state index >= 15 is 0 Å². The maximum Gasteiger partial charge on any atom is 0.343 e. The van der Waals surface area contributed by atoms with E-state index in [1.54, 1.807) is 23.1 Å².